The Bertz CT molecular complexity index is 746. The van der Waals surface area contributed by atoms with E-state index in [0.717, 1.165) is 12.8 Å². The summed E-state index contributed by atoms with van der Waals surface area (Å²) in [5.74, 6) is 0.0284. The van der Waals surface area contributed by atoms with Crippen LogP contribution < -0.4 is 10.9 Å². The lowest BCUT2D eigenvalue weighted by Crippen LogP contribution is -2.36. The fourth-order valence-corrected chi connectivity index (χ4v) is 3.39. The number of aryl methyl sites for hydroxylation is 1. The summed E-state index contributed by atoms with van der Waals surface area (Å²) in [5, 5.41) is 3.74. The Hall–Kier alpha value is -2.17. The van der Waals surface area contributed by atoms with Crippen LogP contribution in [0.25, 0.3) is 10.9 Å². The highest BCUT2D eigenvalue weighted by Gasteiger charge is 2.14. The second kappa shape index (κ2) is 8.08. The van der Waals surface area contributed by atoms with Crippen molar-refractivity contribution in [1.82, 2.24) is 14.9 Å². The van der Waals surface area contributed by atoms with Gasteiger partial charge in [-0.15, -0.1) is 0 Å². The number of rotatable bonds is 4. The molecule has 1 heterocycles. The van der Waals surface area contributed by atoms with E-state index in [0.29, 0.717) is 29.9 Å². The van der Waals surface area contributed by atoms with Gasteiger partial charge in [0, 0.05) is 19.0 Å². The molecule has 1 amide bonds. The minimum atomic E-state index is -0.0839. The molecule has 5 heteroatoms. The molecule has 1 fully saturated rings. The fraction of sp³-hybridized carbons (Fsp3) is 0.526. The van der Waals surface area contributed by atoms with Gasteiger partial charge in [-0.25, -0.2) is 4.98 Å². The molecule has 1 aliphatic carbocycles. The first-order valence-electron chi connectivity index (χ1n) is 8.97. The van der Waals surface area contributed by atoms with E-state index in [1.54, 1.807) is 6.07 Å². The lowest BCUT2D eigenvalue weighted by molar-refractivity contribution is -0.122. The largest absolute Gasteiger partial charge is 0.353 e. The number of amides is 1. The van der Waals surface area contributed by atoms with E-state index < -0.39 is 0 Å². The van der Waals surface area contributed by atoms with Crippen molar-refractivity contribution in [3.8, 4) is 0 Å². The number of para-hydroxylation sites is 1. The molecule has 1 aromatic carbocycles. The number of hydrogen-bond acceptors (Lipinski definition) is 3. The smallest absolute Gasteiger partial charge is 0.261 e. The monoisotopic (exact) mass is 327 g/mol. The summed E-state index contributed by atoms with van der Waals surface area (Å²) in [5.41, 5.74) is 0.608. The van der Waals surface area contributed by atoms with Crippen molar-refractivity contribution in [2.45, 2.75) is 64.0 Å². The maximum absolute atomic E-state index is 12.4. The number of hydrogen-bond donors (Lipinski definition) is 1. The van der Waals surface area contributed by atoms with E-state index in [1.165, 1.54) is 43.0 Å². The van der Waals surface area contributed by atoms with Gasteiger partial charge < -0.3 is 5.32 Å². The number of carbonyl (C=O) groups is 1. The van der Waals surface area contributed by atoms with Gasteiger partial charge in [0.15, 0.2) is 0 Å². The first kappa shape index (κ1) is 16.7. The highest BCUT2D eigenvalue weighted by Crippen LogP contribution is 2.17. The Morgan fingerprint density at radius 3 is 2.62 bits per heavy atom. The zero-order valence-corrected chi connectivity index (χ0v) is 14.0. The number of fused-ring (bicyclic) bond motifs is 1. The van der Waals surface area contributed by atoms with Crippen LogP contribution in [-0.4, -0.2) is 21.5 Å². The third-order valence-electron chi connectivity index (χ3n) is 4.78. The van der Waals surface area contributed by atoms with Crippen LogP contribution in [0.2, 0.25) is 0 Å². The average Bonchev–Trinajstić information content (AvgIpc) is 2.57. The third-order valence-corrected chi connectivity index (χ3v) is 4.78. The molecule has 0 spiro atoms. The molecule has 5 nitrogen and oxygen atoms in total. The van der Waals surface area contributed by atoms with Crippen LogP contribution in [-0.2, 0) is 11.3 Å². The van der Waals surface area contributed by atoms with E-state index in [4.69, 9.17) is 0 Å². The molecular formula is C19H25N3O2. The zero-order valence-electron chi connectivity index (χ0n) is 14.0. The molecule has 0 unspecified atom stereocenters. The summed E-state index contributed by atoms with van der Waals surface area (Å²) in [7, 11) is 0. The van der Waals surface area contributed by atoms with E-state index in [2.05, 4.69) is 10.3 Å². The number of carbonyl (C=O) groups excluding carboxylic acids is 1. The van der Waals surface area contributed by atoms with E-state index in [1.807, 2.05) is 18.2 Å². The minimum absolute atomic E-state index is 0.0284. The number of benzene rings is 1. The predicted molar refractivity (Wildman–Crippen MR) is 94.9 cm³/mol. The molecule has 1 aromatic heterocycles. The predicted octanol–water partition coefficient (Wildman–Crippen LogP) is 3.02. The Morgan fingerprint density at radius 2 is 1.83 bits per heavy atom. The standard InChI is InChI=1S/C19H25N3O2/c23-18(21-15-8-4-2-1-3-5-9-15)12-13-22-14-20-17-11-7-6-10-16(17)19(22)24/h6-7,10-11,14-15H,1-5,8-9,12-13H2,(H,21,23). The molecule has 0 saturated heterocycles. The summed E-state index contributed by atoms with van der Waals surface area (Å²) in [6, 6.07) is 7.58. The van der Waals surface area contributed by atoms with E-state index in [-0.39, 0.29) is 11.5 Å². The van der Waals surface area contributed by atoms with Gasteiger partial charge in [0.25, 0.3) is 5.56 Å². The first-order chi connectivity index (χ1) is 11.7. The van der Waals surface area contributed by atoms with Crippen LogP contribution in [0.1, 0.15) is 51.4 Å². The van der Waals surface area contributed by atoms with Crippen LogP contribution in [0.3, 0.4) is 0 Å². The van der Waals surface area contributed by atoms with Gasteiger partial charge in [0.05, 0.1) is 17.2 Å². The summed E-state index contributed by atoms with van der Waals surface area (Å²) in [4.78, 5) is 28.9. The van der Waals surface area contributed by atoms with Crippen LogP contribution in [0.4, 0.5) is 0 Å². The van der Waals surface area contributed by atoms with E-state index in [9.17, 15) is 9.59 Å². The first-order valence-corrected chi connectivity index (χ1v) is 8.97. The van der Waals surface area contributed by atoms with Crippen molar-refractivity contribution in [3.05, 3.63) is 40.9 Å². The molecule has 0 atom stereocenters. The normalized spacial score (nSPS) is 16.5. The van der Waals surface area contributed by atoms with Crippen molar-refractivity contribution >= 4 is 16.8 Å². The van der Waals surface area contributed by atoms with Crippen molar-refractivity contribution in [2.24, 2.45) is 0 Å². The van der Waals surface area contributed by atoms with Gasteiger partial charge in [-0.1, -0.05) is 44.2 Å². The SMILES string of the molecule is O=C(CCn1cnc2ccccc2c1=O)NC1CCCCCCC1. The molecule has 1 saturated carbocycles. The highest BCUT2D eigenvalue weighted by molar-refractivity contribution is 5.77. The number of aromatic nitrogens is 2. The van der Waals surface area contributed by atoms with Gasteiger partial charge in [-0.05, 0) is 25.0 Å². The average molecular weight is 327 g/mol. The van der Waals surface area contributed by atoms with Gasteiger partial charge in [-0.3, -0.25) is 14.2 Å². The van der Waals surface area contributed by atoms with Gasteiger partial charge in [0.1, 0.15) is 0 Å². The van der Waals surface area contributed by atoms with Crippen LogP contribution >= 0.6 is 0 Å². The van der Waals surface area contributed by atoms with Crippen molar-refractivity contribution in [3.63, 3.8) is 0 Å². The Balaban J connectivity index is 1.58. The number of nitrogens with one attached hydrogen (secondary N) is 1. The van der Waals surface area contributed by atoms with Gasteiger partial charge in [0.2, 0.25) is 5.91 Å². The lowest BCUT2D eigenvalue weighted by Gasteiger charge is -2.21. The van der Waals surface area contributed by atoms with E-state index >= 15 is 0 Å². The van der Waals surface area contributed by atoms with Crippen LogP contribution in [0.15, 0.2) is 35.4 Å². The second-order valence-corrected chi connectivity index (χ2v) is 6.62. The number of nitrogens with zero attached hydrogens (tertiary/aromatic N) is 2. The summed E-state index contributed by atoms with van der Waals surface area (Å²) in [6.07, 6.45) is 10.2. The van der Waals surface area contributed by atoms with Crippen molar-refractivity contribution in [1.29, 1.82) is 0 Å². The molecule has 24 heavy (non-hydrogen) atoms. The molecular weight excluding hydrogens is 302 g/mol. The zero-order chi connectivity index (χ0) is 16.8. The Morgan fingerprint density at radius 1 is 1.12 bits per heavy atom. The van der Waals surface area contributed by atoms with Gasteiger partial charge >= 0.3 is 0 Å². The third kappa shape index (κ3) is 4.22. The summed E-state index contributed by atoms with van der Waals surface area (Å²) in [6.45, 7) is 0.370. The quantitative estimate of drug-likeness (QED) is 0.939. The maximum atomic E-state index is 12.4. The lowest BCUT2D eigenvalue weighted by atomic mass is 9.96. The molecule has 128 valence electrons. The van der Waals surface area contributed by atoms with Crippen molar-refractivity contribution < 1.29 is 4.79 Å². The van der Waals surface area contributed by atoms with Crippen LogP contribution in [0, 0.1) is 0 Å². The Kier molecular flexibility index (Phi) is 5.62. The molecule has 0 radical (unpaired) electrons. The van der Waals surface area contributed by atoms with Crippen LogP contribution in [0.5, 0.6) is 0 Å². The maximum Gasteiger partial charge on any atom is 0.261 e. The molecule has 1 aliphatic rings. The second-order valence-electron chi connectivity index (χ2n) is 6.62. The van der Waals surface area contributed by atoms with Gasteiger partial charge in [-0.2, -0.15) is 0 Å². The summed E-state index contributed by atoms with van der Waals surface area (Å²) < 4.78 is 1.53. The molecule has 2 aromatic rings. The van der Waals surface area contributed by atoms with Crippen molar-refractivity contribution in [2.75, 3.05) is 0 Å². The fourth-order valence-electron chi connectivity index (χ4n) is 3.39. The molecule has 0 bridgehead atoms. The Labute approximate surface area is 142 Å². The summed E-state index contributed by atoms with van der Waals surface area (Å²) >= 11 is 0. The minimum Gasteiger partial charge on any atom is -0.353 e. The molecule has 0 aliphatic heterocycles. The highest BCUT2D eigenvalue weighted by atomic mass is 16.2. The topological polar surface area (TPSA) is 64.0 Å². The molecule has 1 N–H and O–H groups in total. The molecule has 3 rings (SSSR count).